The Morgan fingerprint density at radius 3 is 2.79 bits per heavy atom. The SMILES string of the molecule is CCOc1cccc(N)c1C(=O)NCC1CC1(C)C. The largest absolute Gasteiger partial charge is 0.493 e. The van der Waals surface area contributed by atoms with Gasteiger partial charge >= 0.3 is 0 Å². The van der Waals surface area contributed by atoms with Gasteiger partial charge < -0.3 is 15.8 Å². The van der Waals surface area contributed by atoms with Crippen molar-refractivity contribution in [3.8, 4) is 5.75 Å². The van der Waals surface area contributed by atoms with Crippen LogP contribution in [-0.2, 0) is 0 Å². The fourth-order valence-corrected chi connectivity index (χ4v) is 2.30. The van der Waals surface area contributed by atoms with E-state index in [1.165, 1.54) is 0 Å². The highest BCUT2D eigenvalue weighted by atomic mass is 16.5. The van der Waals surface area contributed by atoms with Gasteiger partial charge in [0.05, 0.1) is 6.61 Å². The Bertz CT molecular complexity index is 483. The zero-order chi connectivity index (χ0) is 14.0. The molecule has 19 heavy (non-hydrogen) atoms. The Morgan fingerprint density at radius 1 is 1.53 bits per heavy atom. The number of amides is 1. The lowest BCUT2D eigenvalue weighted by Gasteiger charge is -2.13. The number of ether oxygens (including phenoxy) is 1. The van der Waals surface area contributed by atoms with Crippen LogP contribution in [0.1, 0.15) is 37.6 Å². The fourth-order valence-electron chi connectivity index (χ4n) is 2.30. The molecule has 1 atom stereocenters. The summed E-state index contributed by atoms with van der Waals surface area (Å²) >= 11 is 0. The Kier molecular flexibility index (Phi) is 3.69. The van der Waals surface area contributed by atoms with Crippen LogP contribution in [0.3, 0.4) is 0 Å². The van der Waals surface area contributed by atoms with Gasteiger partial charge in [-0.05, 0) is 36.8 Å². The van der Waals surface area contributed by atoms with E-state index in [2.05, 4.69) is 19.2 Å². The van der Waals surface area contributed by atoms with Crippen LogP contribution in [0.2, 0.25) is 0 Å². The van der Waals surface area contributed by atoms with E-state index in [1.54, 1.807) is 18.2 Å². The number of nitrogens with two attached hydrogens (primary N) is 1. The van der Waals surface area contributed by atoms with Crippen LogP contribution < -0.4 is 15.8 Å². The topological polar surface area (TPSA) is 64.3 Å². The molecule has 4 heteroatoms. The summed E-state index contributed by atoms with van der Waals surface area (Å²) in [5, 5.41) is 2.96. The number of anilines is 1. The number of carbonyl (C=O) groups is 1. The van der Waals surface area contributed by atoms with E-state index in [0.717, 1.165) is 6.42 Å². The quantitative estimate of drug-likeness (QED) is 0.801. The Balaban J connectivity index is 2.05. The van der Waals surface area contributed by atoms with E-state index in [0.29, 0.717) is 41.5 Å². The average Bonchev–Trinajstić information content (AvgIpc) is 2.95. The van der Waals surface area contributed by atoms with Gasteiger partial charge in [0.2, 0.25) is 0 Å². The molecule has 0 aliphatic heterocycles. The highest BCUT2D eigenvalue weighted by Crippen LogP contribution is 2.51. The lowest BCUT2D eigenvalue weighted by Crippen LogP contribution is -2.27. The molecule has 1 fully saturated rings. The van der Waals surface area contributed by atoms with Crippen molar-refractivity contribution in [3.63, 3.8) is 0 Å². The lowest BCUT2D eigenvalue weighted by molar-refractivity contribution is 0.0948. The smallest absolute Gasteiger partial charge is 0.257 e. The predicted octanol–water partition coefficient (Wildman–Crippen LogP) is 2.44. The first-order valence-corrected chi connectivity index (χ1v) is 6.75. The maximum Gasteiger partial charge on any atom is 0.257 e. The Morgan fingerprint density at radius 2 is 2.21 bits per heavy atom. The van der Waals surface area contributed by atoms with Crippen molar-refractivity contribution in [2.45, 2.75) is 27.2 Å². The van der Waals surface area contributed by atoms with Gasteiger partial charge in [0.15, 0.2) is 0 Å². The number of carbonyl (C=O) groups excluding carboxylic acids is 1. The van der Waals surface area contributed by atoms with Crippen LogP contribution in [-0.4, -0.2) is 19.1 Å². The molecule has 4 nitrogen and oxygen atoms in total. The minimum atomic E-state index is -0.149. The first-order chi connectivity index (χ1) is 8.95. The van der Waals surface area contributed by atoms with Crippen molar-refractivity contribution < 1.29 is 9.53 Å². The summed E-state index contributed by atoms with van der Waals surface area (Å²) in [6.45, 7) is 7.53. The van der Waals surface area contributed by atoms with Crippen molar-refractivity contribution in [2.24, 2.45) is 11.3 Å². The van der Waals surface area contributed by atoms with Crippen molar-refractivity contribution in [3.05, 3.63) is 23.8 Å². The zero-order valence-electron chi connectivity index (χ0n) is 11.8. The van der Waals surface area contributed by atoms with Gasteiger partial charge in [0.1, 0.15) is 11.3 Å². The van der Waals surface area contributed by atoms with Gasteiger partial charge in [-0.25, -0.2) is 0 Å². The number of nitrogens with one attached hydrogen (secondary N) is 1. The number of hydrogen-bond acceptors (Lipinski definition) is 3. The van der Waals surface area contributed by atoms with Crippen LogP contribution >= 0.6 is 0 Å². The van der Waals surface area contributed by atoms with Crippen LogP contribution in [0, 0.1) is 11.3 Å². The molecule has 0 saturated heterocycles. The van der Waals surface area contributed by atoms with Crippen molar-refractivity contribution in [1.82, 2.24) is 5.32 Å². The standard InChI is InChI=1S/C15H22N2O2/c1-4-19-12-7-5-6-11(16)13(12)14(18)17-9-10-8-15(10,2)3/h5-7,10H,4,8-9,16H2,1-3H3,(H,17,18). The van der Waals surface area contributed by atoms with Crippen LogP contribution in [0.25, 0.3) is 0 Å². The Hall–Kier alpha value is -1.71. The number of hydrogen-bond donors (Lipinski definition) is 2. The minimum Gasteiger partial charge on any atom is -0.493 e. The van der Waals surface area contributed by atoms with E-state index in [-0.39, 0.29) is 5.91 Å². The second kappa shape index (κ2) is 5.11. The maximum atomic E-state index is 12.2. The first kappa shape index (κ1) is 13.7. The maximum absolute atomic E-state index is 12.2. The number of rotatable bonds is 5. The molecule has 1 amide bonds. The molecule has 1 aromatic carbocycles. The van der Waals surface area contributed by atoms with Gasteiger partial charge in [-0.2, -0.15) is 0 Å². The first-order valence-electron chi connectivity index (χ1n) is 6.75. The summed E-state index contributed by atoms with van der Waals surface area (Å²) in [4.78, 5) is 12.2. The third-order valence-electron chi connectivity index (χ3n) is 3.81. The molecular weight excluding hydrogens is 240 g/mol. The van der Waals surface area contributed by atoms with Crippen molar-refractivity contribution in [2.75, 3.05) is 18.9 Å². The van der Waals surface area contributed by atoms with Crippen LogP contribution in [0.15, 0.2) is 18.2 Å². The summed E-state index contributed by atoms with van der Waals surface area (Å²) < 4.78 is 5.46. The van der Waals surface area contributed by atoms with E-state index in [9.17, 15) is 4.79 Å². The lowest BCUT2D eigenvalue weighted by atomic mass is 10.1. The van der Waals surface area contributed by atoms with E-state index >= 15 is 0 Å². The zero-order valence-corrected chi connectivity index (χ0v) is 11.8. The van der Waals surface area contributed by atoms with Gasteiger partial charge in [-0.3, -0.25) is 4.79 Å². The minimum absolute atomic E-state index is 0.149. The number of benzene rings is 1. The fraction of sp³-hybridized carbons (Fsp3) is 0.533. The van der Waals surface area contributed by atoms with Gasteiger partial charge in [0.25, 0.3) is 5.91 Å². The predicted molar refractivity (Wildman–Crippen MR) is 76.2 cm³/mol. The average molecular weight is 262 g/mol. The van der Waals surface area contributed by atoms with Crippen molar-refractivity contribution in [1.29, 1.82) is 0 Å². The van der Waals surface area contributed by atoms with Crippen LogP contribution in [0.4, 0.5) is 5.69 Å². The van der Waals surface area contributed by atoms with Crippen molar-refractivity contribution >= 4 is 11.6 Å². The molecule has 1 aromatic rings. The molecule has 2 rings (SSSR count). The summed E-state index contributed by atoms with van der Waals surface area (Å²) in [6, 6.07) is 5.29. The summed E-state index contributed by atoms with van der Waals surface area (Å²) in [5.74, 6) is 0.969. The second-order valence-electron chi connectivity index (χ2n) is 5.75. The molecule has 0 bridgehead atoms. The third kappa shape index (κ3) is 3.00. The number of nitrogen functional groups attached to an aromatic ring is 1. The molecule has 1 aliphatic carbocycles. The molecule has 104 valence electrons. The monoisotopic (exact) mass is 262 g/mol. The molecule has 0 spiro atoms. The molecule has 3 N–H and O–H groups in total. The van der Waals surface area contributed by atoms with Gasteiger partial charge in [-0.15, -0.1) is 0 Å². The summed E-state index contributed by atoms with van der Waals surface area (Å²) in [5.41, 5.74) is 7.15. The third-order valence-corrected chi connectivity index (χ3v) is 3.81. The second-order valence-corrected chi connectivity index (χ2v) is 5.75. The van der Waals surface area contributed by atoms with E-state index in [4.69, 9.17) is 10.5 Å². The normalized spacial score (nSPS) is 19.8. The van der Waals surface area contributed by atoms with Crippen LogP contribution in [0.5, 0.6) is 5.75 Å². The summed E-state index contributed by atoms with van der Waals surface area (Å²) in [7, 11) is 0. The Labute approximate surface area is 114 Å². The molecular formula is C15H22N2O2. The molecule has 0 radical (unpaired) electrons. The molecule has 1 saturated carbocycles. The van der Waals surface area contributed by atoms with E-state index < -0.39 is 0 Å². The molecule has 0 heterocycles. The highest BCUT2D eigenvalue weighted by Gasteiger charge is 2.45. The molecule has 0 aromatic heterocycles. The van der Waals surface area contributed by atoms with Gasteiger partial charge in [-0.1, -0.05) is 19.9 Å². The molecule has 1 aliphatic rings. The summed E-state index contributed by atoms with van der Waals surface area (Å²) in [6.07, 6.45) is 1.16. The van der Waals surface area contributed by atoms with E-state index in [1.807, 2.05) is 6.92 Å². The highest BCUT2D eigenvalue weighted by molar-refractivity contribution is 6.01. The molecule has 1 unspecified atom stereocenters. The van der Waals surface area contributed by atoms with Gasteiger partial charge in [0, 0.05) is 12.2 Å².